The van der Waals surface area contributed by atoms with Crippen LogP contribution in [-0.2, 0) is 10.8 Å². The Balaban J connectivity index is 2.16. The van der Waals surface area contributed by atoms with E-state index >= 15 is 0 Å². The van der Waals surface area contributed by atoms with Gasteiger partial charge in [0.15, 0.2) is 0 Å². The predicted octanol–water partition coefficient (Wildman–Crippen LogP) is 3.33. The minimum Gasteiger partial charge on any atom is -0.455 e. The van der Waals surface area contributed by atoms with E-state index in [1.165, 1.54) is 30.8 Å². The fraction of sp³-hybridized carbons (Fsp3) is 0.188. The number of pyridine rings is 1. The molecule has 0 bridgehead atoms. The molecule has 5 nitrogen and oxygen atoms in total. The molecule has 2 atom stereocenters. The number of rotatable bonds is 3. The number of halogens is 3. The maximum atomic E-state index is 14.3. The highest BCUT2D eigenvalue weighted by molar-refractivity contribution is 7.84. The number of carbonyl (C=O) groups is 1. The molecule has 1 aromatic carbocycles. The lowest BCUT2D eigenvalue weighted by Crippen LogP contribution is -2.26. The van der Waals surface area contributed by atoms with E-state index in [9.17, 15) is 22.2 Å². The molecule has 2 aromatic rings. The van der Waals surface area contributed by atoms with Crippen molar-refractivity contribution in [1.29, 1.82) is 5.26 Å². The number of aromatic nitrogens is 1. The van der Waals surface area contributed by atoms with Gasteiger partial charge in [-0.3, -0.25) is 14.0 Å². The molecule has 1 aliphatic carbocycles. The van der Waals surface area contributed by atoms with Crippen LogP contribution in [0.1, 0.15) is 27.7 Å². The van der Waals surface area contributed by atoms with Gasteiger partial charge in [0.2, 0.25) is 12.0 Å². The second kappa shape index (κ2) is 5.97. The molecular weight excluding hydrogens is 357 g/mol. The van der Waals surface area contributed by atoms with Gasteiger partial charge < -0.3 is 4.74 Å². The number of Topliss-reactive ketones (excluding diaryl/α,β-unsaturated/α-hetero) is 1. The molecule has 1 aliphatic rings. The van der Waals surface area contributed by atoms with Crippen LogP contribution in [0.3, 0.4) is 0 Å². The predicted molar refractivity (Wildman–Crippen MR) is 80.9 cm³/mol. The van der Waals surface area contributed by atoms with Crippen molar-refractivity contribution in [3.63, 3.8) is 0 Å². The lowest BCUT2D eigenvalue weighted by atomic mass is 10.1. The Kier molecular flexibility index (Phi) is 4.08. The van der Waals surface area contributed by atoms with Crippen molar-refractivity contribution in [3.05, 3.63) is 47.3 Å². The highest BCUT2D eigenvalue weighted by Crippen LogP contribution is 2.51. The highest BCUT2D eigenvalue weighted by Gasteiger charge is 2.58. The Morgan fingerprint density at radius 2 is 2.08 bits per heavy atom. The van der Waals surface area contributed by atoms with Crippen molar-refractivity contribution < 1.29 is 26.9 Å². The van der Waals surface area contributed by atoms with E-state index < -0.39 is 39.8 Å². The van der Waals surface area contributed by atoms with Crippen molar-refractivity contribution in [2.75, 3.05) is 6.26 Å². The average molecular weight is 366 g/mol. The van der Waals surface area contributed by atoms with Gasteiger partial charge >= 0.3 is 5.92 Å². The molecule has 128 valence electrons. The van der Waals surface area contributed by atoms with Crippen LogP contribution in [0.4, 0.5) is 13.2 Å². The Hall–Kier alpha value is -2.73. The van der Waals surface area contributed by atoms with Gasteiger partial charge in [0.05, 0.1) is 33.0 Å². The first kappa shape index (κ1) is 17.1. The van der Waals surface area contributed by atoms with Crippen molar-refractivity contribution in [3.8, 4) is 17.6 Å². The summed E-state index contributed by atoms with van der Waals surface area (Å²) in [7, 11) is -1.77. The van der Waals surface area contributed by atoms with Crippen LogP contribution >= 0.6 is 0 Å². The maximum absolute atomic E-state index is 14.3. The van der Waals surface area contributed by atoms with Gasteiger partial charge in [-0.1, -0.05) is 0 Å². The Morgan fingerprint density at radius 1 is 1.36 bits per heavy atom. The van der Waals surface area contributed by atoms with Crippen LogP contribution in [0.15, 0.2) is 35.5 Å². The molecule has 1 unspecified atom stereocenters. The Labute approximate surface area is 142 Å². The third-order valence-electron chi connectivity index (χ3n) is 3.65. The van der Waals surface area contributed by atoms with E-state index in [0.717, 1.165) is 6.07 Å². The number of hydrogen-bond acceptors (Lipinski definition) is 5. The summed E-state index contributed by atoms with van der Waals surface area (Å²) in [6.07, 6.45) is 0.755. The smallest absolute Gasteiger partial charge is 0.344 e. The zero-order valence-electron chi connectivity index (χ0n) is 12.6. The number of ketones is 1. The SMILES string of the molecule is CS(=O)c1ccc(Oc2cncc(C#N)c2)c2c1C(=O)C(F)(F)[C@@H]2F. The number of hydrogen-bond donors (Lipinski definition) is 0. The monoisotopic (exact) mass is 366 g/mol. The minimum absolute atomic E-state index is 0.0153. The van der Waals surface area contributed by atoms with Crippen LogP contribution < -0.4 is 4.74 Å². The van der Waals surface area contributed by atoms with E-state index in [1.54, 1.807) is 0 Å². The Bertz CT molecular complexity index is 956. The van der Waals surface area contributed by atoms with E-state index in [-0.39, 0.29) is 22.0 Å². The molecule has 0 radical (unpaired) electrons. The van der Waals surface area contributed by atoms with Gasteiger partial charge in [-0.05, 0) is 12.1 Å². The molecule has 0 fully saturated rings. The summed E-state index contributed by atoms with van der Waals surface area (Å²) in [6, 6.07) is 5.45. The van der Waals surface area contributed by atoms with Gasteiger partial charge in [0, 0.05) is 24.1 Å². The first-order valence-corrected chi connectivity index (χ1v) is 8.43. The van der Waals surface area contributed by atoms with Crippen molar-refractivity contribution in [1.82, 2.24) is 4.98 Å². The van der Waals surface area contributed by atoms with E-state index in [2.05, 4.69) is 4.98 Å². The third kappa shape index (κ3) is 2.68. The first-order valence-electron chi connectivity index (χ1n) is 6.87. The average Bonchev–Trinajstić information content (AvgIpc) is 2.76. The standard InChI is InChI=1S/C16H9F3N2O3S/c1-25(23)11-3-2-10(24-9-4-8(5-20)6-21-7-9)12-13(11)15(22)16(18,19)14(12)17/h2-4,6-7,14H,1H3/t14-,25?/m1/s1. The normalized spacial score (nSPS) is 19.2. The van der Waals surface area contributed by atoms with Gasteiger partial charge in [0.25, 0.3) is 0 Å². The molecule has 25 heavy (non-hydrogen) atoms. The van der Waals surface area contributed by atoms with Crippen LogP contribution in [-0.4, -0.2) is 27.2 Å². The number of fused-ring (bicyclic) bond motifs is 1. The van der Waals surface area contributed by atoms with E-state index in [1.807, 2.05) is 6.07 Å². The Morgan fingerprint density at radius 3 is 2.72 bits per heavy atom. The fourth-order valence-electron chi connectivity index (χ4n) is 2.52. The summed E-state index contributed by atoms with van der Waals surface area (Å²) in [4.78, 5) is 15.5. The molecule has 3 rings (SSSR count). The first-order chi connectivity index (χ1) is 11.8. The van der Waals surface area contributed by atoms with Crippen molar-refractivity contribution in [2.45, 2.75) is 17.0 Å². The number of nitriles is 1. The molecule has 1 aromatic heterocycles. The van der Waals surface area contributed by atoms with Gasteiger partial charge in [0.1, 0.15) is 17.6 Å². The number of carbonyl (C=O) groups excluding carboxylic acids is 1. The van der Waals surface area contributed by atoms with Gasteiger partial charge in [-0.2, -0.15) is 14.0 Å². The molecule has 0 N–H and O–H groups in total. The molecule has 1 heterocycles. The number of benzene rings is 1. The zero-order chi connectivity index (χ0) is 18.4. The highest BCUT2D eigenvalue weighted by atomic mass is 32.2. The van der Waals surface area contributed by atoms with Gasteiger partial charge in [-0.15, -0.1) is 0 Å². The fourth-order valence-corrected chi connectivity index (χ4v) is 3.27. The molecule has 0 saturated heterocycles. The quantitative estimate of drug-likeness (QED) is 0.832. The summed E-state index contributed by atoms with van der Waals surface area (Å²) in [6.45, 7) is 0. The summed E-state index contributed by atoms with van der Waals surface area (Å²) in [5, 5.41) is 8.84. The molecule has 9 heteroatoms. The molecule has 0 amide bonds. The second-order valence-electron chi connectivity index (χ2n) is 5.24. The second-order valence-corrected chi connectivity index (χ2v) is 6.59. The molecular formula is C16H9F3N2O3S. The van der Waals surface area contributed by atoms with Crippen LogP contribution in [0.25, 0.3) is 0 Å². The largest absolute Gasteiger partial charge is 0.455 e. The molecule has 0 saturated carbocycles. The number of ether oxygens (including phenoxy) is 1. The van der Waals surface area contributed by atoms with Crippen LogP contribution in [0.5, 0.6) is 11.5 Å². The lowest BCUT2D eigenvalue weighted by molar-refractivity contribution is -0.0368. The van der Waals surface area contributed by atoms with Crippen LogP contribution in [0, 0.1) is 11.3 Å². The summed E-state index contributed by atoms with van der Waals surface area (Å²) in [5.74, 6) is -6.29. The number of nitrogens with zero attached hydrogens (tertiary/aromatic N) is 2. The topological polar surface area (TPSA) is 80.0 Å². The zero-order valence-corrected chi connectivity index (χ0v) is 13.4. The lowest BCUT2D eigenvalue weighted by Gasteiger charge is -2.14. The van der Waals surface area contributed by atoms with Crippen molar-refractivity contribution >= 4 is 16.6 Å². The summed E-state index contributed by atoms with van der Waals surface area (Å²) in [5.41, 5.74) is -1.12. The molecule has 0 aliphatic heterocycles. The minimum atomic E-state index is -4.26. The number of alkyl halides is 3. The van der Waals surface area contributed by atoms with Gasteiger partial charge in [-0.25, -0.2) is 4.39 Å². The maximum Gasteiger partial charge on any atom is 0.344 e. The summed E-state index contributed by atoms with van der Waals surface area (Å²) < 4.78 is 59.1. The molecule has 0 spiro atoms. The summed E-state index contributed by atoms with van der Waals surface area (Å²) >= 11 is 0. The van der Waals surface area contributed by atoms with Crippen molar-refractivity contribution in [2.24, 2.45) is 0 Å². The van der Waals surface area contributed by atoms with E-state index in [4.69, 9.17) is 10.00 Å². The third-order valence-corrected chi connectivity index (χ3v) is 4.61. The van der Waals surface area contributed by atoms with E-state index in [0.29, 0.717) is 0 Å². The van der Waals surface area contributed by atoms with Crippen LogP contribution in [0.2, 0.25) is 0 Å².